The van der Waals surface area contributed by atoms with Gasteiger partial charge in [-0.05, 0) is 32.4 Å². The van der Waals surface area contributed by atoms with Crippen molar-refractivity contribution in [2.24, 2.45) is 0 Å². The van der Waals surface area contributed by atoms with E-state index >= 15 is 0 Å². The maximum absolute atomic E-state index is 11.3. The number of halogens is 1. The maximum atomic E-state index is 11.3. The number of benzene rings is 1. The first kappa shape index (κ1) is 14.6. The van der Waals surface area contributed by atoms with Crippen molar-refractivity contribution >= 4 is 28.9 Å². The van der Waals surface area contributed by atoms with E-state index < -0.39 is 5.97 Å². The summed E-state index contributed by atoms with van der Waals surface area (Å²) in [4.78, 5) is 13.3. The van der Waals surface area contributed by atoms with Crippen LogP contribution in [0.1, 0.15) is 37.6 Å². The van der Waals surface area contributed by atoms with E-state index in [1.165, 1.54) is 6.07 Å². The summed E-state index contributed by atoms with van der Waals surface area (Å²) in [6.07, 6.45) is 0.915. The van der Waals surface area contributed by atoms with Gasteiger partial charge in [-0.2, -0.15) is 0 Å². The van der Waals surface area contributed by atoms with Gasteiger partial charge in [0.15, 0.2) is 0 Å². The van der Waals surface area contributed by atoms with Gasteiger partial charge in [-0.1, -0.05) is 18.5 Å². The van der Waals surface area contributed by atoms with Crippen LogP contribution in [0.15, 0.2) is 12.1 Å². The van der Waals surface area contributed by atoms with Gasteiger partial charge in [-0.15, -0.1) is 0 Å². The standard InChI is InChI=1S/C13H19ClN2O2/c1-4-5-16(8(2)3)12-10(13(17)18)6-9(15)7-11(12)14/h6-8H,4-5,15H2,1-3H3,(H,17,18). The Kier molecular flexibility index (Phi) is 4.84. The molecule has 1 aromatic rings. The second-order valence-corrected chi connectivity index (χ2v) is 4.90. The highest BCUT2D eigenvalue weighted by atomic mass is 35.5. The predicted octanol–water partition coefficient (Wildman–Crippen LogP) is 3.25. The van der Waals surface area contributed by atoms with Crippen LogP contribution in [-0.4, -0.2) is 23.7 Å². The van der Waals surface area contributed by atoms with Gasteiger partial charge in [0.05, 0.1) is 16.3 Å². The van der Waals surface area contributed by atoms with Crippen LogP contribution in [0.25, 0.3) is 0 Å². The first-order valence-corrected chi connectivity index (χ1v) is 6.35. The molecule has 0 aliphatic heterocycles. The molecule has 1 rings (SSSR count). The molecule has 0 heterocycles. The van der Waals surface area contributed by atoms with Crippen LogP contribution in [0.2, 0.25) is 5.02 Å². The third kappa shape index (κ3) is 3.07. The smallest absolute Gasteiger partial charge is 0.337 e. The van der Waals surface area contributed by atoms with E-state index in [-0.39, 0.29) is 11.6 Å². The third-order valence-electron chi connectivity index (χ3n) is 2.69. The van der Waals surface area contributed by atoms with Crippen LogP contribution < -0.4 is 10.6 Å². The molecule has 4 nitrogen and oxygen atoms in total. The SMILES string of the molecule is CCCN(c1c(Cl)cc(N)cc1C(=O)O)C(C)C. The minimum Gasteiger partial charge on any atom is -0.478 e. The summed E-state index contributed by atoms with van der Waals surface area (Å²) < 4.78 is 0. The van der Waals surface area contributed by atoms with E-state index in [4.69, 9.17) is 17.3 Å². The molecular formula is C13H19ClN2O2. The van der Waals surface area contributed by atoms with E-state index in [9.17, 15) is 9.90 Å². The number of carboxylic acids is 1. The van der Waals surface area contributed by atoms with Gasteiger partial charge < -0.3 is 15.7 Å². The van der Waals surface area contributed by atoms with Crippen LogP contribution in [0.4, 0.5) is 11.4 Å². The molecule has 0 saturated heterocycles. The minimum absolute atomic E-state index is 0.155. The molecule has 0 radical (unpaired) electrons. The zero-order chi connectivity index (χ0) is 13.9. The van der Waals surface area contributed by atoms with Crippen LogP contribution in [-0.2, 0) is 0 Å². The van der Waals surface area contributed by atoms with Gasteiger partial charge >= 0.3 is 5.97 Å². The number of nitrogens with two attached hydrogens (primary N) is 1. The molecule has 0 atom stereocenters. The molecule has 100 valence electrons. The van der Waals surface area contributed by atoms with Crippen LogP contribution in [0, 0.1) is 0 Å². The summed E-state index contributed by atoms with van der Waals surface area (Å²) in [5.74, 6) is -1.01. The monoisotopic (exact) mass is 270 g/mol. The van der Waals surface area contributed by atoms with Gasteiger partial charge in [0.1, 0.15) is 0 Å². The fourth-order valence-corrected chi connectivity index (χ4v) is 2.28. The molecular weight excluding hydrogens is 252 g/mol. The van der Waals surface area contributed by atoms with Crippen LogP contribution in [0.3, 0.4) is 0 Å². The zero-order valence-electron chi connectivity index (χ0n) is 10.9. The van der Waals surface area contributed by atoms with E-state index in [1.807, 2.05) is 25.7 Å². The Morgan fingerprint density at radius 3 is 2.56 bits per heavy atom. The lowest BCUT2D eigenvalue weighted by Gasteiger charge is -2.30. The molecule has 0 fully saturated rings. The molecule has 0 aliphatic rings. The van der Waals surface area contributed by atoms with Crippen molar-refractivity contribution in [1.82, 2.24) is 0 Å². The number of aromatic carboxylic acids is 1. The molecule has 3 N–H and O–H groups in total. The second-order valence-electron chi connectivity index (χ2n) is 4.49. The minimum atomic E-state index is -1.01. The summed E-state index contributed by atoms with van der Waals surface area (Å²) in [5, 5.41) is 9.66. The number of carboxylic acid groups (broad SMARTS) is 1. The molecule has 5 heteroatoms. The van der Waals surface area contributed by atoms with Crippen molar-refractivity contribution in [1.29, 1.82) is 0 Å². The summed E-state index contributed by atoms with van der Waals surface area (Å²) in [6.45, 7) is 6.81. The number of anilines is 2. The van der Waals surface area contributed by atoms with Gasteiger partial charge in [-0.25, -0.2) is 4.79 Å². The first-order valence-electron chi connectivity index (χ1n) is 5.97. The topological polar surface area (TPSA) is 66.6 Å². The molecule has 0 amide bonds. The van der Waals surface area contributed by atoms with Crippen molar-refractivity contribution < 1.29 is 9.90 Å². The summed E-state index contributed by atoms with van der Waals surface area (Å²) >= 11 is 6.17. The van der Waals surface area contributed by atoms with Crippen molar-refractivity contribution in [2.75, 3.05) is 17.2 Å². The molecule has 0 aromatic heterocycles. The quantitative estimate of drug-likeness (QED) is 0.806. The van der Waals surface area contributed by atoms with Crippen molar-refractivity contribution in [3.05, 3.63) is 22.7 Å². The lowest BCUT2D eigenvalue weighted by molar-refractivity contribution is 0.0697. The third-order valence-corrected chi connectivity index (χ3v) is 2.98. The van der Waals surface area contributed by atoms with Gasteiger partial charge in [0, 0.05) is 18.3 Å². The summed E-state index contributed by atoms with van der Waals surface area (Å²) in [7, 11) is 0. The van der Waals surface area contributed by atoms with E-state index in [1.54, 1.807) is 6.07 Å². The van der Waals surface area contributed by atoms with Gasteiger partial charge in [0.2, 0.25) is 0 Å². The summed E-state index contributed by atoms with van der Waals surface area (Å²) in [5.41, 5.74) is 6.72. The highest BCUT2D eigenvalue weighted by molar-refractivity contribution is 6.34. The van der Waals surface area contributed by atoms with Crippen molar-refractivity contribution in [3.8, 4) is 0 Å². The number of carbonyl (C=O) groups is 1. The Balaban J connectivity index is 3.40. The molecule has 0 unspecified atom stereocenters. The van der Waals surface area contributed by atoms with E-state index in [0.29, 0.717) is 16.4 Å². The van der Waals surface area contributed by atoms with Gasteiger partial charge in [-0.3, -0.25) is 0 Å². The Morgan fingerprint density at radius 1 is 1.50 bits per heavy atom. The number of hydrogen-bond acceptors (Lipinski definition) is 3. The molecule has 18 heavy (non-hydrogen) atoms. The van der Waals surface area contributed by atoms with Crippen molar-refractivity contribution in [2.45, 2.75) is 33.2 Å². The molecule has 0 spiro atoms. The number of nitrogens with zero attached hydrogens (tertiary/aromatic N) is 1. The first-order chi connectivity index (χ1) is 8.38. The zero-order valence-corrected chi connectivity index (χ0v) is 11.7. The Hall–Kier alpha value is -1.42. The highest BCUT2D eigenvalue weighted by Gasteiger charge is 2.21. The Bertz CT molecular complexity index is 447. The lowest BCUT2D eigenvalue weighted by Crippen LogP contribution is -2.33. The second kappa shape index (κ2) is 5.96. The molecule has 0 aliphatic carbocycles. The molecule has 1 aromatic carbocycles. The van der Waals surface area contributed by atoms with Crippen LogP contribution in [0.5, 0.6) is 0 Å². The predicted molar refractivity (Wildman–Crippen MR) is 75.6 cm³/mol. The number of hydrogen-bond donors (Lipinski definition) is 2. The van der Waals surface area contributed by atoms with Gasteiger partial charge in [0.25, 0.3) is 0 Å². The highest BCUT2D eigenvalue weighted by Crippen LogP contribution is 2.34. The number of rotatable bonds is 5. The van der Waals surface area contributed by atoms with Crippen LogP contribution >= 0.6 is 11.6 Å². The fraction of sp³-hybridized carbons (Fsp3) is 0.462. The van der Waals surface area contributed by atoms with E-state index in [0.717, 1.165) is 13.0 Å². The average molecular weight is 271 g/mol. The Labute approximate surface area is 112 Å². The van der Waals surface area contributed by atoms with E-state index in [2.05, 4.69) is 0 Å². The summed E-state index contributed by atoms with van der Waals surface area (Å²) in [6, 6.07) is 3.22. The lowest BCUT2D eigenvalue weighted by atomic mass is 10.1. The largest absolute Gasteiger partial charge is 0.478 e. The number of nitrogen functional groups attached to an aromatic ring is 1. The molecule has 0 bridgehead atoms. The Morgan fingerprint density at radius 2 is 2.11 bits per heavy atom. The molecule has 0 saturated carbocycles. The normalized spacial score (nSPS) is 10.7. The van der Waals surface area contributed by atoms with Crippen molar-refractivity contribution in [3.63, 3.8) is 0 Å². The maximum Gasteiger partial charge on any atom is 0.337 e. The fourth-order valence-electron chi connectivity index (χ4n) is 1.94. The average Bonchev–Trinajstić information content (AvgIpc) is 2.25.